The van der Waals surface area contributed by atoms with E-state index in [1.54, 1.807) is 19.4 Å². The fourth-order valence-electron chi connectivity index (χ4n) is 1.74. The van der Waals surface area contributed by atoms with Crippen LogP contribution in [-0.4, -0.2) is 22.0 Å². The Kier molecular flexibility index (Phi) is 3.84. The Morgan fingerprint density at radius 2 is 2.17 bits per heavy atom. The zero-order valence-electron chi connectivity index (χ0n) is 10.6. The molecule has 0 spiro atoms. The predicted octanol–water partition coefficient (Wildman–Crippen LogP) is 1.42. The third-order valence-corrected chi connectivity index (χ3v) is 2.80. The van der Waals surface area contributed by atoms with E-state index in [-0.39, 0.29) is 5.75 Å². The van der Waals surface area contributed by atoms with Crippen LogP contribution in [0.5, 0.6) is 11.5 Å². The van der Waals surface area contributed by atoms with Gasteiger partial charge >= 0.3 is 0 Å². The maximum absolute atomic E-state index is 9.49. The van der Waals surface area contributed by atoms with Crippen molar-refractivity contribution < 1.29 is 9.84 Å². The van der Waals surface area contributed by atoms with Crippen molar-refractivity contribution >= 4 is 0 Å². The molecule has 0 aliphatic carbocycles. The summed E-state index contributed by atoms with van der Waals surface area (Å²) in [6.45, 7) is 1.46. The summed E-state index contributed by atoms with van der Waals surface area (Å²) in [6.07, 6.45) is 1.78. The van der Waals surface area contributed by atoms with E-state index in [2.05, 4.69) is 10.4 Å². The highest BCUT2D eigenvalue weighted by atomic mass is 16.5. The predicted molar refractivity (Wildman–Crippen MR) is 68.4 cm³/mol. The number of benzene rings is 1. The highest BCUT2D eigenvalue weighted by Gasteiger charge is 2.03. The molecule has 0 saturated heterocycles. The standard InChI is InChI=1S/C13H17N3O2/c1-16-11(5-6-15-16)9-14-8-10-3-4-12(17)13(7-10)18-2/h3-7,14,17H,8-9H2,1-2H3. The van der Waals surface area contributed by atoms with Gasteiger partial charge in [-0.05, 0) is 23.8 Å². The maximum atomic E-state index is 9.49. The van der Waals surface area contributed by atoms with Gasteiger partial charge in [-0.25, -0.2) is 0 Å². The van der Waals surface area contributed by atoms with Crippen molar-refractivity contribution in [1.82, 2.24) is 15.1 Å². The smallest absolute Gasteiger partial charge is 0.160 e. The van der Waals surface area contributed by atoms with E-state index in [0.717, 1.165) is 17.8 Å². The average molecular weight is 247 g/mol. The molecule has 0 aliphatic heterocycles. The van der Waals surface area contributed by atoms with Crippen molar-refractivity contribution in [1.29, 1.82) is 0 Å². The van der Waals surface area contributed by atoms with Gasteiger partial charge in [-0.2, -0.15) is 5.10 Å². The molecule has 5 heteroatoms. The van der Waals surface area contributed by atoms with Crippen LogP contribution in [0.15, 0.2) is 30.5 Å². The molecule has 0 bridgehead atoms. The maximum Gasteiger partial charge on any atom is 0.160 e. The van der Waals surface area contributed by atoms with Gasteiger partial charge in [-0.15, -0.1) is 0 Å². The van der Waals surface area contributed by atoms with E-state index in [9.17, 15) is 5.11 Å². The Bertz CT molecular complexity index is 523. The van der Waals surface area contributed by atoms with Crippen LogP contribution < -0.4 is 10.1 Å². The number of aromatic nitrogens is 2. The normalized spacial score (nSPS) is 10.6. The lowest BCUT2D eigenvalue weighted by atomic mass is 10.2. The molecule has 0 unspecified atom stereocenters. The Morgan fingerprint density at radius 3 is 2.83 bits per heavy atom. The summed E-state index contributed by atoms with van der Waals surface area (Å²) in [6, 6.07) is 7.31. The summed E-state index contributed by atoms with van der Waals surface area (Å²) in [4.78, 5) is 0. The summed E-state index contributed by atoms with van der Waals surface area (Å²) in [5, 5.41) is 16.9. The zero-order chi connectivity index (χ0) is 13.0. The van der Waals surface area contributed by atoms with E-state index < -0.39 is 0 Å². The molecule has 1 aromatic carbocycles. The van der Waals surface area contributed by atoms with Crippen molar-refractivity contribution in [3.05, 3.63) is 41.7 Å². The van der Waals surface area contributed by atoms with Gasteiger partial charge in [-0.1, -0.05) is 6.07 Å². The monoisotopic (exact) mass is 247 g/mol. The van der Waals surface area contributed by atoms with Crippen molar-refractivity contribution in [3.8, 4) is 11.5 Å². The summed E-state index contributed by atoms with van der Waals surface area (Å²) in [7, 11) is 3.46. The first-order valence-corrected chi connectivity index (χ1v) is 5.74. The second-order valence-electron chi connectivity index (χ2n) is 4.06. The lowest BCUT2D eigenvalue weighted by Gasteiger charge is -2.08. The molecule has 0 aliphatic rings. The van der Waals surface area contributed by atoms with Crippen molar-refractivity contribution in [2.24, 2.45) is 7.05 Å². The minimum atomic E-state index is 0.160. The van der Waals surface area contributed by atoms with Crippen LogP contribution in [-0.2, 0) is 20.1 Å². The van der Waals surface area contributed by atoms with Gasteiger partial charge in [0.25, 0.3) is 0 Å². The van der Waals surface area contributed by atoms with E-state index in [0.29, 0.717) is 12.3 Å². The lowest BCUT2D eigenvalue weighted by Crippen LogP contribution is -2.15. The number of rotatable bonds is 5. The third kappa shape index (κ3) is 2.81. The summed E-state index contributed by atoms with van der Waals surface area (Å²) >= 11 is 0. The molecular weight excluding hydrogens is 230 g/mol. The van der Waals surface area contributed by atoms with Gasteiger partial charge < -0.3 is 15.2 Å². The van der Waals surface area contributed by atoms with Crippen molar-refractivity contribution in [3.63, 3.8) is 0 Å². The minimum absolute atomic E-state index is 0.160. The molecule has 1 heterocycles. The fraction of sp³-hybridized carbons (Fsp3) is 0.308. The largest absolute Gasteiger partial charge is 0.504 e. The Hall–Kier alpha value is -2.01. The molecule has 0 radical (unpaired) electrons. The first-order valence-electron chi connectivity index (χ1n) is 5.74. The molecule has 2 rings (SSSR count). The number of hydrogen-bond acceptors (Lipinski definition) is 4. The van der Waals surface area contributed by atoms with Gasteiger partial charge in [0, 0.05) is 26.3 Å². The quantitative estimate of drug-likeness (QED) is 0.839. The molecule has 2 aromatic rings. The second-order valence-corrected chi connectivity index (χ2v) is 4.06. The fourth-order valence-corrected chi connectivity index (χ4v) is 1.74. The molecule has 5 nitrogen and oxygen atoms in total. The lowest BCUT2D eigenvalue weighted by molar-refractivity contribution is 0.372. The van der Waals surface area contributed by atoms with Crippen LogP contribution >= 0.6 is 0 Å². The number of phenolic OH excluding ortho intramolecular Hbond substituents is 1. The molecule has 0 amide bonds. The Labute approximate surface area is 106 Å². The number of aromatic hydroxyl groups is 1. The van der Waals surface area contributed by atoms with Crippen LogP contribution in [0.2, 0.25) is 0 Å². The number of nitrogens with one attached hydrogen (secondary N) is 1. The Morgan fingerprint density at radius 1 is 1.33 bits per heavy atom. The summed E-state index contributed by atoms with van der Waals surface area (Å²) in [5.41, 5.74) is 2.19. The van der Waals surface area contributed by atoms with Crippen molar-refractivity contribution in [2.45, 2.75) is 13.1 Å². The number of phenols is 1. The summed E-state index contributed by atoms with van der Waals surface area (Å²) in [5.74, 6) is 0.655. The average Bonchev–Trinajstić information content (AvgIpc) is 2.77. The minimum Gasteiger partial charge on any atom is -0.504 e. The summed E-state index contributed by atoms with van der Waals surface area (Å²) < 4.78 is 6.90. The molecule has 18 heavy (non-hydrogen) atoms. The van der Waals surface area contributed by atoms with Crippen LogP contribution in [0.25, 0.3) is 0 Å². The number of methoxy groups -OCH3 is 1. The number of hydrogen-bond donors (Lipinski definition) is 2. The molecule has 0 saturated carbocycles. The highest BCUT2D eigenvalue weighted by Crippen LogP contribution is 2.26. The molecular formula is C13H17N3O2. The highest BCUT2D eigenvalue weighted by molar-refractivity contribution is 5.41. The van der Waals surface area contributed by atoms with Crippen molar-refractivity contribution in [2.75, 3.05) is 7.11 Å². The third-order valence-electron chi connectivity index (χ3n) is 2.80. The topological polar surface area (TPSA) is 59.3 Å². The van der Waals surface area contributed by atoms with Gasteiger partial charge in [0.15, 0.2) is 11.5 Å². The number of nitrogens with zero attached hydrogens (tertiary/aromatic N) is 2. The second kappa shape index (κ2) is 5.55. The van der Waals surface area contributed by atoms with Gasteiger partial charge in [0.1, 0.15) is 0 Å². The SMILES string of the molecule is COc1cc(CNCc2ccnn2C)ccc1O. The van der Waals surface area contributed by atoms with Gasteiger partial charge in [0.2, 0.25) is 0 Å². The number of aryl methyl sites for hydroxylation is 1. The van der Waals surface area contributed by atoms with E-state index in [4.69, 9.17) is 4.74 Å². The van der Waals surface area contributed by atoms with Gasteiger partial charge in [-0.3, -0.25) is 4.68 Å². The van der Waals surface area contributed by atoms with Crippen LogP contribution in [0.1, 0.15) is 11.3 Å². The molecule has 1 aromatic heterocycles. The molecule has 2 N–H and O–H groups in total. The van der Waals surface area contributed by atoms with Gasteiger partial charge in [0.05, 0.1) is 12.8 Å². The Balaban J connectivity index is 1.92. The van der Waals surface area contributed by atoms with E-state index in [1.165, 1.54) is 0 Å². The van der Waals surface area contributed by atoms with Crippen LogP contribution in [0.3, 0.4) is 0 Å². The zero-order valence-corrected chi connectivity index (χ0v) is 10.6. The molecule has 0 atom stereocenters. The first-order chi connectivity index (χ1) is 8.70. The van der Waals surface area contributed by atoms with Crippen LogP contribution in [0, 0.1) is 0 Å². The molecule has 0 fully saturated rings. The van der Waals surface area contributed by atoms with E-state index >= 15 is 0 Å². The number of ether oxygens (including phenoxy) is 1. The first kappa shape index (κ1) is 12.4. The molecule has 96 valence electrons. The van der Waals surface area contributed by atoms with E-state index in [1.807, 2.05) is 29.9 Å². The van der Waals surface area contributed by atoms with Crippen LogP contribution in [0.4, 0.5) is 0 Å².